The van der Waals surface area contributed by atoms with Crippen LogP contribution in [0.4, 0.5) is 19.0 Å². The molecule has 3 heterocycles. The maximum absolute atomic E-state index is 13.7. The number of halogens is 3. The number of carbonyl (C=O) groups is 1. The van der Waals surface area contributed by atoms with E-state index in [1.807, 2.05) is 42.5 Å². The Morgan fingerprint density at radius 2 is 1.86 bits per heavy atom. The zero-order chi connectivity index (χ0) is 25.1. The summed E-state index contributed by atoms with van der Waals surface area (Å²) in [5, 5.41) is 14.4. The predicted molar refractivity (Wildman–Crippen MR) is 127 cm³/mol. The molecule has 1 aliphatic carbocycles. The summed E-state index contributed by atoms with van der Waals surface area (Å²) < 4.78 is 41.7. The molecule has 5 rings (SSSR count). The van der Waals surface area contributed by atoms with Crippen molar-refractivity contribution in [3.8, 4) is 17.1 Å². The van der Waals surface area contributed by atoms with Crippen molar-refractivity contribution in [2.45, 2.75) is 18.5 Å². The normalized spacial score (nSPS) is 15.4. The van der Waals surface area contributed by atoms with Crippen LogP contribution in [0, 0.1) is 0 Å². The van der Waals surface area contributed by atoms with E-state index in [0.29, 0.717) is 22.2 Å². The second-order valence-corrected chi connectivity index (χ2v) is 8.07. The summed E-state index contributed by atoms with van der Waals surface area (Å²) in [5.41, 5.74) is 1.16. The van der Waals surface area contributed by atoms with E-state index in [1.165, 1.54) is 24.5 Å². The molecule has 10 heteroatoms. The van der Waals surface area contributed by atoms with Crippen molar-refractivity contribution in [1.29, 1.82) is 0 Å². The minimum atomic E-state index is -4.67. The van der Waals surface area contributed by atoms with E-state index < -0.39 is 11.9 Å². The molecule has 1 atom stereocenters. The smallest absolute Gasteiger partial charge is 0.305 e. The van der Waals surface area contributed by atoms with Crippen molar-refractivity contribution in [2.75, 3.05) is 5.32 Å². The molecule has 0 saturated heterocycles. The fourth-order valence-corrected chi connectivity index (χ4v) is 3.84. The average molecular weight is 488 g/mol. The quantitative estimate of drug-likeness (QED) is 0.409. The molecule has 180 valence electrons. The number of anilines is 1. The number of pyridine rings is 1. The first kappa shape index (κ1) is 23.2. The molecule has 0 spiro atoms. The molecular weight excluding hydrogens is 469 g/mol. The standard InChI is InChI=1S/C26H19F3N6O/c27-26(28,29)22-15-21(20-7-4-14-30-16-20)34-35(22)24-13-12-23(32-33-24)31-25(36)19-10-8-18(9-11-19)17-5-2-1-3-6-17/h1-8,10-16,18H,9H2,(H,31,32,36). The summed E-state index contributed by atoms with van der Waals surface area (Å²) in [6.07, 6.45) is 4.51. The highest BCUT2D eigenvalue weighted by molar-refractivity contribution is 6.05. The van der Waals surface area contributed by atoms with Crippen LogP contribution in [0.5, 0.6) is 0 Å². The highest BCUT2D eigenvalue weighted by Crippen LogP contribution is 2.33. The number of allylic oxidation sites excluding steroid dienone is 2. The summed E-state index contributed by atoms with van der Waals surface area (Å²) in [4.78, 5) is 16.6. The van der Waals surface area contributed by atoms with Gasteiger partial charge in [0.15, 0.2) is 17.3 Å². The Hall–Kier alpha value is -4.60. The first-order valence-corrected chi connectivity index (χ1v) is 11.0. The van der Waals surface area contributed by atoms with Crippen LogP contribution in [0.1, 0.15) is 23.6 Å². The second kappa shape index (κ2) is 9.57. The topological polar surface area (TPSA) is 85.6 Å². The minimum Gasteiger partial charge on any atom is -0.305 e. The zero-order valence-electron chi connectivity index (χ0n) is 18.7. The average Bonchev–Trinajstić information content (AvgIpc) is 3.37. The second-order valence-electron chi connectivity index (χ2n) is 8.07. The third-order valence-corrected chi connectivity index (χ3v) is 5.66. The Morgan fingerprint density at radius 3 is 2.50 bits per heavy atom. The molecule has 0 radical (unpaired) electrons. The van der Waals surface area contributed by atoms with Crippen molar-refractivity contribution >= 4 is 11.7 Å². The van der Waals surface area contributed by atoms with E-state index >= 15 is 0 Å². The molecule has 1 unspecified atom stereocenters. The monoisotopic (exact) mass is 488 g/mol. The zero-order valence-corrected chi connectivity index (χ0v) is 18.7. The number of benzene rings is 1. The van der Waals surface area contributed by atoms with Gasteiger partial charge in [0.1, 0.15) is 0 Å². The van der Waals surface area contributed by atoms with E-state index in [1.54, 1.807) is 18.2 Å². The highest BCUT2D eigenvalue weighted by Gasteiger charge is 2.37. The van der Waals surface area contributed by atoms with Gasteiger partial charge in [0, 0.05) is 29.4 Å². The summed E-state index contributed by atoms with van der Waals surface area (Å²) in [6, 6.07) is 16.8. The molecule has 0 saturated carbocycles. The number of aromatic nitrogens is 5. The first-order chi connectivity index (χ1) is 17.4. The number of nitrogens with one attached hydrogen (secondary N) is 1. The maximum atomic E-state index is 13.7. The molecule has 1 amide bonds. The Kier molecular flexibility index (Phi) is 6.16. The molecule has 1 N–H and O–H groups in total. The van der Waals surface area contributed by atoms with Gasteiger partial charge in [-0.2, -0.15) is 18.3 Å². The van der Waals surface area contributed by atoms with Crippen LogP contribution >= 0.6 is 0 Å². The Labute approximate surface area is 204 Å². The summed E-state index contributed by atoms with van der Waals surface area (Å²) in [6.45, 7) is 0. The van der Waals surface area contributed by atoms with Crippen molar-refractivity contribution in [3.63, 3.8) is 0 Å². The van der Waals surface area contributed by atoms with Gasteiger partial charge < -0.3 is 5.32 Å². The predicted octanol–water partition coefficient (Wildman–Crippen LogP) is 5.35. The van der Waals surface area contributed by atoms with Crippen LogP contribution < -0.4 is 5.32 Å². The van der Waals surface area contributed by atoms with Gasteiger partial charge in [0.2, 0.25) is 0 Å². The summed E-state index contributed by atoms with van der Waals surface area (Å²) in [5.74, 6) is -0.224. The number of rotatable bonds is 5. The lowest BCUT2D eigenvalue weighted by atomic mass is 9.90. The maximum Gasteiger partial charge on any atom is 0.433 e. The van der Waals surface area contributed by atoms with Crippen molar-refractivity contribution in [1.82, 2.24) is 25.0 Å². The Bertz CT molecular complexity index is 1430. The third-order valence-electron chi connectivity index (χ3n) is 5.66. The van der Waals surface area contributed by atoms with Gasteiger partial charge in [-0.05, 0) is 42.3 Å². The van der Waals surface area contributed by atoms with E-state index in [2.05, 4.69) is 25.6 Å². The molecule has 0 bridgehead atoms. The SMILES string of the molecule is O=C(Nc1ccc(-n2nc(-c3cccnc3)cc2C(F)(F)F)nn1)C1=CCC(c2ccccc2)C=C1. The van der Waals surface area contributed by atoms with Gasteiger partial charge in [0.25, 0.3) is 5.91 Å². The van der Waals surface area contributed by atoms with E-state index in [4.69, 9.17) is 0 Å². The van der Waals surface area contributed by atoms with Crippen LogP contribution in [0.25, 0.3) is 17.1 Å². The van der Waals surface area contributed by atoms with E-state index in [-0.39, 0.29) is 29.2 Å². The number of nitrogens with zero attached hydrogens (tertiary/aromatic N) is 5. The lowest BCUT2D eigenvalue weighted by Gasteiger charge is -2.16. The minimum absolute atomic E-state index is 0.0967. The van der Waals surface area contributed by atoms with Crippen LogP contribution in [-0.2, 0) is 11.0 Å². The van der Waals surface area contributed by atoms with Crippen LogP contribution in [0.2, 0.25) is 0 Å². The summed E-state index contributed by atoms with van der Waals surface area (Å²) >= 11 is 0. The molecule has 4 aromatic rings. The van der Waals surface area contributed by atoms with Crippen molar-refractivity contribution in [2.24, 2.45) is 0 Å². The number of hydrogen-bond acceptors (Lipinski definition) is 5. The molecule has 1 aromatic carbocycles. The largest absolute Gasteiger partial charge is 0.433 e. The molecule has 3 aromatic heterocycles. The molecule has 0 aliphatic heterocycles. The molecule has 7 nitrogen and oxygen atoms in total. The fraction of sp³-hybridized carbons (Fsp3) is 0.115. The lowest BCUT2D eigenvalue weighted by Crippen LogP contribution is -2.17. The first-order valence-electron chi connectivity index (χ1n) is 11.0. The fourth-order valence-electron chi connectivity index (χ4n) is 3.84. The van der Waals surface area contributed by atoms with E-state index in [9.17, 15) is 18.0 Å². The van der Waals surface area contributed by atoms with Gasteiger partial charge in [0.05, 0.1) is 5.69 Å². The lowest BCUT2D eigenvalue weighted by molar-refractivity contribution is -0.142. The summed E-state index contributed by atoms with van der Waals surface area (Å²) in [7, 11) is 0. The van der Waals surface area contributed by atoms with Gasteiger partial charge in [-0.15, -0.1) is 10.2 Å². The Morgan fingerprint density at radius 1 is 1.03 bits per heavy atom. The highest BCUT2D eigenvalue weighted by atomic mass is 19.4. The van der Waals surface area contributed by atoms with Gasteiger partial charge in [-0.3, -0.25) is 9.78 Å². The molecule has 36 heavy (non-hydrogen) atoms. The van der Waals surface area contributed by atoms with Crippen LogP contribution in [-0.4, -0.2) is 30.9 Å². The number of carbonyl (C=O) groups excluding carboxylic acids is 1. The third kappa shape index (κ3) is 4.92. The number of alkyl halides is 3. The van der Waals surface area contributed by atoms with Crippen LogP contribution in [0.15, 0.2) is 96.9 Å². The number of amides is 1. The van der Waals surface area contributed by atoms with Crippen molar-refractivity contribution < 1.29 is 18.0 Å². The molecule has 1 aliphatic rings. The van der Waals surface area contributed by atoms with Crippen LogP contribution in [0.3, 0.4) is 0 Å². The van der Waals surface area contributed by atoms with Gasteiger partial charge >= 0.3 is 6.18 Å². The van der Waals surface area contributed by atoms with Gasteiger partial charge in [-0.25, -0.2) is 4.68 Å². The number of hydrogen-bond donors (Lipinski definition) is 1. The van der Waals surface area contributed by atoms with E-state index in [0.717, 1.165) is 11.6 Å². The molecular formula is C26H19F3N6O. The Balaban J connectivity index is 1.31. The van der Waals surface area contributed by atoms with Gasteiger partial charge in [-0.1, -0.05) is 48.6 Å². The molecule has 0 fully saturated rings. The van der Waals surface area contributed by atoms with Crippen molar-refractivity contribution in [3.05, 3.63) is 108 Å².